The Balaban J connectivity index is 1.78. The average Bonchev–Trinajstić information content (AvgIpc) is 2.84. The maximum atomic E-state index is 13.3. The van der Waals surface area contributed by atoms with Crippen LogP contribution in [0.25, 0.3) is 10.9 Å². The molecular weight excluding hydrogens is 360 g/mol. The first-order valence-electron chi connectivity index (χ1n) is 9.53. The summed E-state index contributed by atoms with van der Waals surface area (Å²) in [7, 11) is -3.14. The van der Waals surface area contributed by atoms with E-state index in [1.54, 1.807) is 0 Å². The van der Waals surface area contributed by atoms with E-state index in [4.69, 9.17) is 0 Å². The molecule has 0 saturated heterocycles. The molecule has 3 rings (SSSR count). The van der Waals surface area contributed by atoms with Crippen LogP contribution in [0.3, 0.4) is 0 Å². The van der Waals surface area contributed by atoms with Crippen molar-refractivity contribution in [3.8, 4) is 0 Å². The standard InChI is InChI=1S/C21H30N2O3S/c1-20(2)19(21(20,3)4)18(24)16-14-23(17-11-7-6-10-15(16)17)13-9-8-12-22-27(5,25)26/h6-7,10-11,14,19,22H,8-9,12-13H2,1-5H3. The van der Waals surface area contributed by atoms with Crippen molar-refractivity contribution in [1.29, 1.82) is 0 Å². The molecule has 1 saturated carbocycles. The molecule has 0 spiro atoms. The van der Waals surface area contributed by atoms with Crippen LogP contribution in [0.4, 0.5) is 0 Å². The maximum Gasteiger partial charge on any atom is 0.208 e. The normalized spacial score (nSPS) is 18.7. The first-order valence-corrected chi connectivity index (χ1v) is 11.4. The fourth-order valence-corrected chi connectivity index (χ4v) is 4.82. The minimum atomic E-state index is -3.14. The number of rotatable bonds is 8. The summed E-state index contributed by atoms with van der Waals surface area (Å²) in [5.41, 5.74) is 1.91. The molecule has 1 heterocycles. The fraction of sp³-hybridized carbons (Fsp3) is 0.571. The number of Topliss-reactive ketones (excluding diaryl/α,β-unsaturated/α-hetero) is 1. The number of para-hydroxylation sites is 1. The molecular formula is C21H30N2O3S. The number of ketones is 1. The van der Waals surface area contributed by atoms with E-state index in [-0.39, 0.29) is 22.5 Å². The number of carbonyl (C=O) groups excluding carboxylic acids is 1. The number of hydrogen-bond donors (Lipinski definition) is 1. The van der Waals surface area contributed by atoms with Crippen LogP contribution >= 0.6 is 0 Å². The molecule has 1 aromatic heterocycles. The van der Waals surface area contributed by atoms with Gasteiger partial charge in [-0.3, -0.25) is 4.79 Å². The molecule has 1 aromatic carbocycles. The molecule has 2 aromatic rings. The molecule has 1 fully saturated rings. The Kier molecular flexibility index (Phi) is 5.02. The number of fused-ring (bicyclic) bond motifs is 1. The second-order valence-electron chi connectivity index (χ2n) is 8.87. The van der Waals surface area contributed by atoms with Crippen LogP contribution in [0.1, 0.15) is 50.9 Å². The minimum absolute atomic E-state index is 0.0185. The zero-order valence-corrected chi connectivity index (χ0v) is 17.7. The van der Waals surface area contributed by atoms with Crippen LogP contribution in [0.15, 0.2) is 30.5 Å². The van der Waals surface area contributed by atoms with Crippen molar-refractivity contribution < 1.29 is 13.2 Å². The van der Waals surface area contributed by atoms with E-state index < -0.39 is 10.0 Å². The monoisotopic (exact) mass is 390 g/mol. The lowest BCUT2D eigenvalue weighted by Crippen LogP contribution is -2.23. The molecule has 0 unspecified atom stereocenters. The molecule has 0 atom stereocenters. The van der Waals surface area contributed by atoms with Gasteiger partial charge >= 0.3 is 0 Å². The first-order chi connectivity index (χ1) is 12.5. The predicted molar refractivity (Wildman–Crippen MR) is 109 cm³/mol. The minimum Gasteiger partial charge on any atom is -0.347 e. The van der Waals surface area contributed by atoms with Gasteiger partial charge in [-0.2, -0.15) is 0 Å². The predicted octanol–water partition coefficient (Wildman–Crippen LogP) is 3.84. The molecule has 0 radical (unpaired) electrons. The summed E-state index contributed by atoms with van der Waals surface area (Å²) in [6.45, 7) is 9.88. The number of aromatic nitrogens is 1. The second-order valence-corrected chi connectivity index (χ2v) is 10.7. The van der Waals surface area contributed by atoms with Crippen LogP contribution in [0, 0.1) is 16.7 Å². The zero-order valence-electron chi connectivity index (χ0n) is 16.9. The summed E-state index contributed by atoms with van der Waals surface area (Å²) in [5.74, 6) is 0.280. The van der Waals surface area contributed by atoms with E-state index in [0.29, 0.717) is 6.54 Å². The van der Waals surface area contributed by atoms with Gasteiger partial charge in [0.25, 0.3) is 0 Å². The highest BCUT2D eigenvalue weighted by Crippen LogP contribution is 2.69. The fourth-order valence-electron chi connectivity index (χ4n) is 4.30. The van der Waals surface area contributed by atoms with Crippen molar-refractivity contribution in [2.75, 3.05) is 12.8 Å². The zero-order chi connectivity index (χ0) is 20.0. The van der Waals surface area contributed by atoms with Crippen molar-refractivity contribution in [3.63, 3.8) is 0 Å². The third-order valence-electron chi connectivity index (χ3n) is 6.53. The highest BCUT2D eigenvalue weighted by Gasteiger charge is 2.68. The van der Waals surface area contributed by atoms with Crippen LogP contribution in [-0.4, -0.2) is 31.6 Å². The molecule has 6 heteroatoms. The van der Waals surface area contributed by atoms with E-state index in [9.17, 15) is 13.2 Å². The number of hydrogen-bond acceptors (Lipinski definition) is 3. The van der Waals surface area contributed by atoms with Crippen molar-refractivity contribution in [1.82, 2.24) is 9.29 Å². The molecule has 0 bridgehead atoms. The Morgan fingerprint density at radius 2 is 1.74 bits per heavy atom. The molecule has 1 aliphatic rings. The van der Waals surface area contributed by atoms with Gasteiger partial charge in [-0.1, -0.05) is 45.9 Å². The summed E-state index contributed by atoms with van der Waals surface area (Å²) in [5, 5.41) is 1.01. The third kappa shape index (κ3) is 3.69. The Morgan fingerprint density at radius 3 is 2.33 bits per heavy atom. The summed E-state index contributed by atoms with van der Waals surface area (Å²) < 4.78 is 26.9. The largest absolute Gasteiger partial charge is 0.347 e. The van der Waals surface area contributed by atoms with Gasteiger partial charge in [0, 0.05) is 41.7 Å². The van der Waals surface area contributed by atoms with Gasteiger partial charge in [-0.15, -0.1) is 0 Å². The first kappa shape index (κ1) is 20.1. The lowest BCUT2D eigenvalue weighted by Gasteiger charge is -2.05. The Morgan fingerprint density at radius 1 is 1.11 bits per heavy atom. The maximum absolute atomic E-state index is 13.3. The van der Waals surface area contributed by atoms with Gasteiger partial charge in [0.05, 0.1) is 6.26 Å². The Hall–Kier alpha value is -1.66. The van der Waals surface area contributed by atoms with Crippen LogP contribution in [-0.2, 0) is 16.6 Å². The van der Waals surface area contributed by atoms with Crippen molar-refractivity contribution >= 4 is 26.7 Å². The number of sulfonamides is 1. The Labute approximate surface area is 162 Å². The number of carbonyl (C=O) groups is 1. The summed E-state index contributed by atoms with van der Waals surface area (Å²) >= 11 is 0. The summed E-state index contributed by atoms with van der Waals surface area (Å²) in [6, 6.07) is 8.03. The summed E-state index contributed by atoms with van der Waals surface area (Å²) in [6.07, 6.45) is 4.76. The smallest absolute Gasteiger partial charge is 0.208 e. The van der Waals surface area contributed by atoms with Crippen LogP contribution < -0.4 is 4.72 Å². The summed E-state index contributed by atoms with van der Waals surface area (Å²) in [4.78, 5) is 13.3. The van der Waals surface area contributed by atoms with Gasteiger partial charge in [-0.05, 0) is 29.7 Å². The highest BCUT2D eigenvalue weighted by molar-refractivity contribution is 7.88. The van der Waals surface area contributed by atoms with E-state index in [1.807, 2.05) is 30.5 Å². The second kappa shape index (κ2) is 6.74. The van der Waals surface area contributed by atoms with Crippen LogP contribution in [0.2, 0.25) is 0 Å². The van der Waals surface area contributed by atoms with Crippen molar-refractivity contribution in [2.45, 2.75) is 47.1 Å². The molecule has 0 aliphatic heterocycles. The van der Waals surface area contributed by atoms with E-state index in [1.165, 1.54) is 6.26 Å². The molecule has 5 nitrogen and oxygen atoms in total. The van der Waals surface area contributed by atoms with Crippen molar-refractivity contribution in [3.05, 3.63) is 36.0 Å². The Bertz CT molecular complexity index is 956. The lowest BCUT2D eigenvalue weighted by molar-refractivity contribution is 0.0946. The molecule has 148 valence electrons. The molecule has 0 amide bonds. The van der Waals surface area contributed by atoms with E-state index in [0.717, 1.165) is 35.9 Å². The SMILES string of the molecule is CC1(C)C(C(=O)c2cn(CCCCNS(C)(=O)=O)c3ccccc23)C1(C)C. The van der Waals surface area contributed by atoms with Gasteiger partial charge in [-0.25, -0.2) is 13.1 Å². The van der Waals surface area contributed by atoms with Gasteiger partial charge < -0.3 is 4.57 Å². The van der Waals surface area contributed by atoms with Crippen LogP contribution in [0.5, 0.6) is 0 Å². The topological polar surface area (TPSA) is 68.2 Å². The van der Waals surface area contributed by atoms with E-state index in [2.05, 4.69) is 37.0 Å². The lowest BCUT2D eigenvalue weighted by atomic mass is 10.0. The van der Waals surface area contributed by atoms with Gasteiger partial charge in [0.2, 0.25) is 10.0 Å². The number of benzene rings is 1. The average molecular weight is 391 g/mol. The van der Waals surface area contributed by atoms with E-state index >= 15 is 0 Å². The van der Waals surface area contributed by atoms with Crippen molar-refractivity contribution in [2.24, 2.45) is 16.7 Å². The molecule has 1 aliphatic carbocycles. The quantitative estimate of drug-likeness (QED) is 0.550. The highest BCUT2D eigenvalue weighted by atomic mass is 32.2. The van der Waals surface area contributed by atoms with Gasteiger partial charge in [0.1, 0.15) is 0 Å². The number of nitrogens with one attached hydrogen (secondary N) is 1. The molecule has 27 heavy (non-hydrogen) atoms. The molecule has 1 N–H and O–H groups in total. The van der Waals surface area contributed by atoms with Gasteiger partial charge in [0.15, 0.2) is 5.78 Å². The number of aryl methyl sites for hydroxylation is 1. The number of unbranched alkanes of at least 4 members (excludes halogenated alkanes) is 1. The number of nitrogens with zero attached hydrogens (tertiary/aromatic N) is 1. The third-order valence-corrected chi connectivity index (χ3v) is 7.26.